The number of halogens is 3. The SMILES string of the molecule is O=C(CNCCCN1CCOCC1)Nc1cc(C(F)(F)F)ccc1N1CCOCC1. The van der Waals surface area contributed by atoms with E-state index in [0.29, 0.717) is 38.5 Å². The number of morpholine rings is 2. The minimum Gasteiger partial charge on any atom is -0.379 e. The molecule has 2 N–H and O–H groups in total. The van der Waals surface area contributed by atoms with E-state index in [9.17, 15) is 18.0 Å². The Morgan fingerprint density at radius 1 is 1.03 bits per heavy atom. The molecule has 7 nitrogen and oxygen atoms in total. The molecule has 0 saturated carbocycles. The number of nitrogens with zero attached hydrogens (tertiary/aromatic N) is 2. The Kier molecular flexibility index (Phi) is 8.32. The Bertz CT molecular complexity index is 690. The number of nitrogens with one attached hydrogen (secondary N) is 2. The van der Waals surface area contributed by atoms with Gasteiger partial charge < -0.3 is 25.0 Å². The van der Waals surface area contributed by atoms with Gasteiger partial charge in [-0.15, -0.1) is 0 Å². The summed E-state index contributed by atoms with van der Waals surface area (Å²) in [5.41, 5.74) is -0.0351. The molecule has 1 aromatic carbocycles. The maximum Gasteiger partial charge on any atom is 0.416 e. The summed E-state index contributed by atoms with van der Waals surface area (Å²) in [5, 5.41) is 5.71. The van der Waals surface area contributed by atoms with Gasteiger partial charge in [-0.2, -0.15) is 13.2 Å². The molecule has 1 amide bonds. The van der Waals surface area contributed by atoms with E-state index in [1.54, 1.807) is 0 Å². The summed E-state index contributed by atoms with van der Waals surface area (Å²) < 4.78 is 50.1. The highest BCUT2D eigenvalue weighted by molar-refractivity contribution is 5.95. The average molecular weight is 430 g/mol. The smallest absolute Gasteiger partial charge is 0.379 e. The van der Waals surface area contributed by atoms with Crippen LogP contribution in [0.5, 0.6) is 0 Å². The van der Waals surface area contributed by atoms with Gasteiger partial charge in [0, 0.05) is 26.2 Å². The van der Waals surface area contributed by atoms with Gasteiger partial charge in [-0.1, -0.05) is 0 Å². The second-order valence-electron chi connectivity index (χ2n) is 7.36. The lowest BCUT2D eigenvalue weighted by Gasteiger charge is -2.31. The topological polar surface area (TPSA) is 66.1 Å². The van der Waals surface area contributed by atoms with Gasteiger partial charge in [0.1, 0.15) is 0 Å². The van der Waals surface area contributed by atoms with Crippen LogP contribution >= 0.6 is 0 Å². The van der Waals surface area contributed by atoms with Gasteiger partial charge in [0.15, 0.2) is 0 Å². The second kappa shape index (κ2) is 10.9. The molecule has 0 radical (unpaired) electrons. The lowest BCUT2D eigenvalue weighted by atomic mass is 10.1. The molecule has 10 heteroatoms. The molecule has 2 saturated heterocycles. The predicted molar refractivity (Wildman–Crippen MR) is 108 cm³/mol. The molecule has 0 bridgehead atoms. The van der Waals surface area contributed by atoms with Crippen LogP contribution in [0.4, 0.5) is 24.5 Å². The van der Waals surface area contributed by atoms with Crippen LogP contribution in [0.15, 0.2) is 18.2 Å². The molecule has 0 aromatic heterocycles. The van der Waals surface area contributed by atoms with Crippen LogP contribution in [0.25, 0.3) is 0 Å². The molecule has 30 heavy (non-hydrogen) atoms. The standard InChI is InChI=1S/C20H29F3N4O3/c21-20(22,23)16-2-3-18(27-8-12-30-13-9-27)17(14-16)25-19(28)15-24-4-1-5-26-6-10-29-11-7-26/h2-3,14,24H,1,4-13,15H2,(H,25,28). The number of rotatable bonds is 8. The molecule has 2 aliphatic rings. The summed E-state index contributed by atoms with van der Waals surface area (Å²) in [4.78, 5) is 16.6. The quantitative estimate of drug-likeness (QED) is 0.614. The minimum absolute atomic E-state index is 0.0436. The van der Waals surface area contributed by atoms with E-state index in [4.69, 9.17) is 9.47 Å². The minimum atomic E-state index is -4.47. The number of carbonyl (C=O) groups is 1. The lowest BCUT2D eigenvalue weighted by Crippen LogP contribution is -2.38. The van der Waals surface area contributed by atoms with Crippen LogP contribution in [0, 0.1) is 0 Å². The van der Waals surface area contributed by atoms with Crippen LogP contribution in [0.2, 0.25) is 0 Å². The molecule has 2 heterocycles. The van der Waals surface area contributed by atoms with Crippen molar-refractivity contribution in [3.63, 3.8) is 0 Å². The zero-order valence-electron chi connectivity index (χ0n) is 17.0. The summed E-state index contributed by atoms with van der Waals surface area (Å²) in [5.74, 6) is -0.366. The summed E-state index contributed by atoms with van der Waals surface area (Å²) in [6.45, 7) is 7.08. The molecular formula is C20H29F3N4O3. The summed E-state index contributed by atoms with van der Waals surface area (Å²) in [7, 11) is 0. The van der Waals surface area contributed by atoms with Crippen LogP contribution in [-0.2, 0) is 20.4 Å². The third kappa shape index (κ3) is 6.83. The third-order valence-electron chi connectivity index (χ3n) is 5.17. The molecule has 168 valence electrons. The van der Waals surface area contributed by atoms with Crippen molar-refractivity contribution in [3.8, 4) is 0 Å². The number of carbonyl (C=O) groups excluding carboxylic acids is 1. The Hall–Kier alpha value is -1.88. The zero-order chi connectivity index (χ0) is 21.4. The van der Waals surface area contributed by atoms with Gasteiger partial charge in [0.05, 0.1) is 49.9 Å². The number of hydrogen-bond donors (Lipinski definition) is 2. The van der Waals surface area contributed by atoms with E-state index >= 15 is 0 Å². The van der Waals surface area contributed by atoms with E-state index in [1.165, 1.54) is 6.07 Å². The first kappa shape index (κ1) is 22.8. The van der Waals surface area contributed by atoms with Gasteiger partial charge in [0.25, 0.3) is 0 Å². The zero-order valence-corrected chi connectivity index (χ0v) is 17.0. The van der Waals surface area contributed by atoms with Crippen molar-refractivity contribution in [2.24, 2.45) is 0 Å². The third-order valence-corrected chi connectivity index (χ3v) is 5.17. The van der Waals surface area contributed by atoms with E-state index in [2.05, 4.69) is 15.5 Å². The Balaban J connectivity index is 1.53. The first-order valence-electron chi connectivity index (χ1n) is 10.3. The first-order chi connectivity index (χ1) is 14.4. The maximum atomic E-state index is 13.1. The molecule has 0 unspecified atom stereocenters. The Morgan fingerprint density at radius 3 is 2.37 bits per heavy atom. The van der Waals surface area contributed by atoms with E-state index in [-0.39, 0.29) is 18.1 Å². The number of ether oxygens (including phenoxy) is 2. The molecule has 0 aliphatic carbocycles. The van der Waals surface area contributed by atoms with E-state index < -0.39 is 11.7 Å². The fourth-order valence-electron chi connectivity index (χ4n) is 3.54. The summed E-state index contributed by atoms with van der Waals surface area (Å²) in [6.07, 6.45) is -3.59. The number of amides is 1. The lowest BCUT2D eigenvalue weighted by molar-refractivity contribution is -0.137. The molecule has 2 aliphatic heterocycles. The molecular weight excluding hydrogens is 401 g/mol. The van der Waals surface area contributed by atoms with Crippen LogP contribution in [0.3, 0.4) is 0 Å². The van der Waals surface area contributed by atoms with Crippen LogP contribution < -0.4 is 15.5 Å². The second-order valence-corrected chi connectivity index (χ2v) is 7.36. The number of hydrogen-bond acceptors (Lipinski definition) is 6. The molecule has 2 fully saturated rings. The fourth-order valence-corrected chi connectivity index (χ4v) is 3.54. The van der Waals surface area contributed by atoms with Gasteiger partial charge in [-0.3, -0.25) is 9.69 Å². The van der Waals surface area contributed by atoms with Crippen molar-refractivity contribution in [2.75, 3.05) is 82.5 Å². The predicted octanol–water partition coefficient (Wildman–Crippen LogP) is 1.79. The molecule has 0 spiro atoms. The maximum absolute atomic E-state index is 13.1. The fraction of sp³-hybridized carbons (Fsp3) is 0.650. The van der Waals surface area contributed by atoms with Crippen molar-refractivity contribution in [1.82, 2.24) is 10.2 Å². The molecule has 0 atom stereocenters. The van der Waals surface area contributed by atoms with Crippen molar-refractivity contribution >= 4 is 17.3 Å². The van der Waals surface area contributed by atoms with Crippen LogP contribution in [0.1, 0.15) is 12.0 Å². The van der Waals surface area contributed by atoms with Gasteiger partial charge >= 0.3 is 6.18 Å². The normalized spacial score (nSPS) is 18.4. The highest BCUT2D eigenvalue weighted by atomic mass is 19.4. The Morgan fingerprint density at radius 2 is 1.70 bits per heavy atom. The van der Waals surface area contributed by atoms with Gasteiger partial charge in [-0.05, 0) is 37.7 Å². The number of benzene rings is 1. The van der Waals surface area contributed by atoms with E-state index in [0.717, 1.165) is 51.4 Å². The highest BCUT2D eigenvalue weighted by Crippen LogP contribution is 2.35. The van der Waals surface area contributed by atoms with Crippen molar-refractivity contribution in [2.45, 2.75) is 12.6 Å². The number of alkyl halides is 3. The monoisotopic (exact) mass is 430 g/mol. The van der Waals surface area contributed by atoms with Gasteiger partial charge in [0.2, 0.25) is 5.91 Å². The molecule has 1 aromatic rings. The Labute approximate surface area is 174 Å². The van der Waals surface area contributed by atoms with Crippen molar-refractivity contribution < 1.29 is 27.4 Å². The number of anilines is 2. The largest absolute Gasteiger partial charge is 0.416 e. The summed E-state index contributed by atoms with van der Waals surface area (Å²) >= 11 is 0. The van der Waals surface area contributed by atoms with Crippen LogP contribution in [-0.4, -0.2) is 83.0 Å². The van der Waals surface area contributed by atoms with Gasteiger partial charge in [-0.25, -0.2) is 0 Å². The van der Waals surface area contributed by atoms with E-state index in [1.807, 2.05) is 4.90 Å². The summed E-state index contributed by atoms with van der Waals surface area (Å²) in [6, 6.07) is 3.46. The average Bonchev–Trinajstić information content (AvgIpc) is 2.74. The molecule has 3 rings (SSSR count). The highest BCUT2D eigenvalue weighted by Gasteiger charge is 2.31. The van der Waals surface area contributed by atoms with Crippen molar-refractivity contribution in [3.05, 3.63) is 23.8 Å². The van der Waals surface area contributed by atoms with Crippen molar-refractivity contribution in [1.29, 1.82) is 0 Å². The first-order valence-corrected chi connectivity index (χ1v) is 10.3.